The van der Waals surface area contributed by atoms with E-state index in [1.54, 1.807) is 6.08 Å². The molecule has 0 saturated carbocycles. The Morgan fingerprint density at radius 1 is 1.83 bits per heavy atom. The third-order valence-corrected chi connectivity index (χ3v) is 2.03. The minimum absolute atomic E-state index is 0.349. The molecule has 0 unspecified atom stereocenters. The molecule has 2 nitrogen and oxygen atoms in total. The molecule has 1 saturated heterocycles. The molecule has 1 aliphatic heterocycles. The van der Waals surface area contributed by atoms with Gasteiger partial charge in [-0.2, -0.15) is 0 Å². The Hall–Kier alpha value is -0.600. The Labute approximate surface area is 73.5 Å². The van der Waals surface area contributed by atoms with Gasteiger partial charge in [-0.05, 0) is 13.8 Å². The molecule has 12 heavy (non-hydrogen) atoms. The van der Waals surface area contributed by atoms with Gasteiger partial charge in [-0.15, -0.1) is 6.58 Å². The summed E-state index contributed by atoms with van der Waals surface area (Å²) >= 11 is 0. The predicted molar refractivity (Wildman–Crippen MR) is 48.9 cm³/mol. The summed E-state index contributed by atoms with van der Waals surface area (Å²) in [4.78, 5) is 0. The van der Waals surface area contributed by atoms with E-state index in [0.29, 0.717) is 6.61 Å². The Balaban J connectivity index is 2.53. The highest BCUT2D eigenvalue weighted by molar-refractivity contribution is 5.13. The topological polar surface area (TPSA) is 32.8 Å². The smallest absolute Gasteiger partial charge is 0.125 e. The first kappa shape index (κ1) is 9.49. The van der Waals surface area contributed by atoms with E-state index >= 15 is 0 Å². The highest BCUT2D eigenvalue weighted by atomic mass is 16.6. The van der Waals surface area contributed by atoms with Crippen molar-refractivity contribution >= 4 is 0 Å². The van der Waals surface area contributed by atoms with Crippen molar-refractivity contribution < 1.29 is 9.84 Å². The van der Waals surface area contributed by atoms with Crippen LogP contribution in [-0.2, 0) is 4.74 Å². The molecule has 1 heterocycles. The fourth-order valence-electron chi connectivity index (χ4n) is 1.34. The van der Waals surface area contributed by atoms with E-state index in [1.807, 2.05) is 19.9 Å². The Kier molecular flexibility index (Phi) is 2.70. The standard InChI is InChI=1S/C10H16O2/c1-4-5-9(11)10(7-12-10)6-8(2)3/h4-5,9,11H,2,6-7H2,1,3H3/t9-,10-/m1/s1. The quantitative estimate of drug-likeness (QED) is 0.511. The molecule has 1 fully saturated rings. The molecular formula is C10H16O2. The van der Waals surface area contributed by atoms with Gasteiger partial charge in [-0.3, -0.25) is 0 Å². The third kappa shape index (κ3) is 1.96. The molecule has 1 aliphatic rings. The lowest BCUT2D eigenvalue weighted by atomic mass is 9.95. The van der Waals surface area contributed by atoms with E-state index < -0.39 is 6.10 Å². The average Bonchev–Trinajstić information content (AvgIpc) is 2.69. The summed E-state index contributed by atoms with van der Waals surface area (Å²) in [5, 5.41) is 9.64. The number of rotatable bonds is 4. The van der Waals surface area contributed by atoms with Gasteiger partial charge in [0.1, 0.15) is 11.7 Å². The van der Waals surface area contributed by atoms with Gasteiger partial charge in [-0.25, -0.2) is 0 Å². The van der Waals surface area contributed by atoms with Gasteiger partial charge < -0.3 is 9.84 Å². The van der Waals surface area contributed by atoms with Crippen LogP contribution in [0, 0.1) is 0 Å². The number of allylic oxidation sites excluding steroid dienone is 1. The summed E-state index contributed by atoms with van der Waals surface area (Å²) in [6.45, 7) is 8.29. The van der Waals surface area contributed by atoms with E-state index in [9.17, 15) is 5.11 Å². The summed E-state index contributed by atoms with van der Waals surface area (Å²) in [6, 6.07) is 0. The Bertz CT molecular complexity index is 202. The van der Waals surface area contributed by atoms with Crippen LogP contribution in [0.4, 0.5) is 0 Å². The van der Waals surface area contributed by atoms with Crippen molar-refractivity contribution in [3.05, 3.63) is 24.3 Å². The molecule has 0 amide bonds. The zero-order valence-electron chi connectivity index (χ0n) is 7.71. The van der Waals surface area contributed by atoms with Crippen LogP contribution in [0.2, 0.25) is 0 Å². The highest BCUT2D eigenvalue weighted by Gasteiger charge is 2.49. The van der Waals surface area contributed by atoms with Crippen LogP contribution in [0.3, 0.4) is 0 Å². The van der Waals surface area contributed by atoms with Crippen LogP contribution in [0.15, 0.2) is 24.3 Å². The lowest BCUT2D eigenvalue weighted by molar-refractivity contribution is 0.112. The zero-order valence-corrected chi connectivity index (χ0v) is 7.71. The summed E-state index contributed by atoms with van der Waals surface area (Å²) < 4.78 is 5.26. The van der Waals surface area contributed by atoms with Crippen LogP contribution >= 0.6 is 0 Å². The first-order valence-corrected chi connectivity index (χ1v) is 4.20. The maximum atomic E-state index is 9.64. The van der Waals surface area contributed by atoms with E-state index in [1.165, 1.54) is 0 Å². The van der Waals surface area contributed by atoms with Gasteiger partial charge in [0.2, 0.25) is 0 Å². The van der Waals surface area contributed by atoms with E-state index in [2.05, 4.69) is 6.58 Å². The lowest BCUT2D eigenvalue weighted by Gasteiger charge is -2.15. The predicted octanol–water partition coefficient (Wildman–Crippen LogP) is 1.66. The number of ether oxygens (including phenoxy) is 1. The fourth-order valence-corrected chi connectivity index (χ4v) is 1.34. The van der Waals surface area contributed by atoms with Crippen molar-refractivity contribution in [2.75, 3.05) is 6.61 Å². The molecule has 2 heteroatoms. The van der Waals surface area contributed by atoms with Crippen molar-refractivity contribution in [2.45, 2.75) is 32.0 Å². The summed E-state index contributed by atoms with van der Waals surface area (Å²) in [5.41, 5.74) is 0.703. The maximum absolute atomic E-state index is 9.64. The van der Waals surface area contributed by atoms with E-state index in [0.717, 1.165) is 12.0 Å². The normalized spacial score (nSPS) is 30.6. The minimum atomic E-state index is -0.487. The zero-order chi connectivity index (χ0) is 9.19. The lowest BCUT2D eigenvalue weighted by Crippen LogP contribution is -2.28. The number of hydrogen-bond acceptors (Lipinski definition) is 2. The van der Waals surface area contributed by atoms with Crippen LogP contribution in [0.25, 0.3) is 0 Å². The second kappa shape index (κ2) is 3.42. The van der Waals surface area contributed by atoms with Gasteiger partial charge in [0.05, 0.1) is 6.61 Å². The SMILES string of the molecule is C=C(C)C[C@]1([C@H](O)C=CC)CO1. The molecular weight excluding hydrogens is 152 g/mol. The number of epoxide rings is 1. The molecule has 0 aromatic heterocycles. The van der Waals surface area contributed by atoms with Gasteiger partial charge >= 0.3 is 0 Å². The molecule has 0 aromatic carbocycles. The second-order valence-electron chi connectivity index (χ2n) is 3.46. The first-order chi connectivity index (χ1) is 5.60. The van der Waals surface area contributed by atoms with Crippen molar-refractivity contribution in [3.8, 4) is 0 Å². The second-order valence-corrected chi connectivity index (χ2v) is 3.46. The maximum Gasteiger partial charge on any atom is 0.125 e. The van der Waals surface area contributed by atoms with Crippen LogP contribution < -0.4 is 0 Å². The first-order valence-electron chi connectivity index (χ1n) is 4.20. The largest absolute Gasteiger partial charge is 0.386 e. The highest BCUT2D eigenvalue weighted by Crippen LogP contribution is 2.37. The van der Waals surface area contributed by atoms with Crippen molar-refractivity contribution in [1.29, 1.82) is 0 Å². The molecule has 0 spiro atoms. The van der Waals surface area contributed by atoms with Gasteiger partial charge in [0, 0.05) is 6.42 Å². The number of hydrogen-bond donors (Lipinski definition) is 1. The van der Waals surface area contributed by atoms with Crippen LogP contribution in [-0.4, -0.2) is 23.4 Å². The van der Waals surface area contributed by atoms with E-state index in [-0.39, 0.29) is 5.60 Å². The van der Waals surface area contributed by atoms with Gasteiger partial charge in [-0.1, -0.05) is 17.7 Å². The molecule has 0 bridgehead atoms. The van der Waals surface area contributed by atoms with Crippen LogP contribution in [0.5, 0.6) is 0 Å². The molecule has 1 rings (SSSR count). The summed E-state index contributed by atoms with van der Waals surface area (Å²) in [5.74, 6) is 0. The minimum Gasteiger partial charge on any atom is -0.386 e. The van der Waals surface area contributed by atoms with Gasteiger partial charge in [0.15, 0.2) is 0 Å². The molecule has 68 valence electrons. The molecule has 0 aliphatic carbocycles. The molecule has 0 radical (unpaired) electrons. The molecule has 2 atom stereocenters. The van der Waals surface area contributed by atoms with Gasteiger partial charge in [0.25, 0.3) is 0 Å². The Morgan fingerprint density at radius 3 is 2.75 bits per heavy atom. The Morgan fingerprint density at radius 2 is 2.42 bits per heavy atom. The van der Waals surface area contributed by atoms with Crippen molar-refractivity contribution in [3.63, 3.8) is 0 Å². The average molecular weight is 168 g/mol. The fraction of sp³-hybridized carbons (Fsp3) is 0.600. The number of aliphatic hydroxyl groups is 1. The third-order valence-electron chi connectivity index (χ3n) is 2.03. The molecule has 0 aromatic rings. The monoisotopic (exact) mass is 168 g/mol. The summed E-state index contributed by atoms with van der Waals surface area (Å²) in [7, 11) is 0. The van der Waals surface area contributed by atoms with Crippen molar-refractivity contribution in [1.82, 2.24) is 0 Å². The van der Waals surface area contributed by atoms with E-state index in [4.69, 9.17) is 4.74 Å². The molecule has 1 N–H and O–H groups in total. The summed E-state index contributed by atoms with van der Waals surface area (Å²) in [6.07, 6.45) is 3.86. The number of aliphatic hydroxyl groups excluding tert-OH is 1. The van der Waals surface area contributed by atoms with Crippen molar-refractivity contribution in [2.24, 2.45) is 0 Å². The van der Waals surface area contributed by atoms with Crippen LogP contribution in [0.1, 0.15) is 20.3 Å².